The van der Waals surface area contributed by atoms with Gasteiger partial charge in [-0.3, -0.25) is 4.79 Å². The first-order valence-electron chi connectivity index (χ1n) is 12.0. The number of hydrogen-bond donors (Lipinski definition) is 2. The lowest BCUT2D eigenvalue weighted by Crippen LogP contribution is -2.47. The SMILES string of the molecule is Cc1ccc(COc2cc(C(=O)O)nn2CC(=O)NC2CCCCC2OCc2ccccc2)cc1F. The molecule has 4 rings (SSSR count). The van der Waals surface area contributed by atoms with Gasteiger partial charge >= 0.3 is 5.97 Å². The summed E-state index contributed by atoms with van der Waals surface area (Å²) >= 11 is 0. The van der Waals surface area contributed by atoms with Crippen molar-refractivity contribution in [3.63, 3.8) is 0 Å². The van der Waals surface area contributed by atoms with E-state index in [1.807, 2.05) is 30.3 Å². The Bertz CT molecular complexity index is 1200. The van der Waals surface area contributed by atoms with Crippen LogP contribution in [0.1, 0.15) is 52.9 Å². The number of aromatic nitrogens is 2. The van der Waals surface area contributed by atoms with Gasteiger partial charge in [0, 0.05) is 6.07 Å². The van der Waals surface area contributed by atoms with E-state index >= 15 is 0 Å². The summed E-state index contributed by atoms with van der Waals surface area (Å²) in [4.78, 5) is 24.4. The number of aryl methyl sites for hydroxylation is 1. The molecule has 0 spiro atoms. The Morgan fingerprint density at radius 2 is 1.86 bits per heavy atom. The number of carboxylic acid groups (broad SMARTS) is 1. The summed E-state index contributed by atoms with van der Waals surface area (Å²) in [5, 5.41) is 16.4. The van der Waals surface area contributed by atoms with Gasteiger partial charge in [0.2, 0.25) is 11.8 Å². The van der Waals surface area contributed by atoms with Gasteiger partial charge in [-0.1, -0.05) is 55.3 Å². The Balaban J connectivity index is 1.39. The minimum Gasteiger partial charge on any atom is -0.476 e. The predicted octanol–water partition coefficient (Wildman–Crippen LogP) is 4.25. The van der Waals surface area contributed by atoms with Crippen LogP contribution in [0, 0.1) is 12.7 Å². The lowest BCUT2D eigenvalue weighted by molar-refractivity contribution is -0.124. The summed E-state index contributed by atoms with van der Waals surface area (Å²) in [5.41, 5.74) is 1.92. The van der Waals surface area contributed by atoms with E-state index in [1.165, 1.54) is 16.8 Å². The normalized spacial score (nSPS) is 17.5. The second-order valence-corrected chi connectivity index (χ2v) is 9.00. The number of hydrogen-bond acceptors (Lipinski definition) is 5. The van der Waals surface area contributed by atoms with Crippen molar-refractivity contribution in [2.45, 2.75) is 64.5 Å². The van der Waals surface area contributed by atoms with Crippen LogP contribution in [0.2, 0.25) is 0 Å². The Labute approximate surface area is 209 Å². The molecule has 2 aromatic carbocycles. The van der Waals surface area contributed by atoms with Crippen molar-refractivity contribution in [3.05, 3.63) is 82.8 Å². The number of carboxylic acids is 1. The molecular formula is C27H30FN3O5. The van der Waals surface area contributed by atoms with Gasteiger partial charge in [0.05, 0.1) is 18.8 Å². The van der Waals surface area contributed by atoms with E-state index in [1.54, 1.807) is 19.1 Å². The van der Waals surface area contributed by atoms with Crippen LogP contribution in [0.15, 0.2) is 54.6 Å². The zero-order chi connectivity index (χ0) is 25.5. The summed E-state index contributed by atoms with van der Waals surface area (Å²) in [6, 6.07) is 15.7. The van der Waals surface area contributed by atoms with Gasteiger partial charge in [-0.05, 0) is 42.5 Å². The molecule has 0 aliphatic heterocycles. The molecule has 2 unspecified atom stereocenters. The molecule has 1 aliphatic carbocycles. The maximum atomic E-state index is 13.9. The second kappa shape index (κ2) is 11.8. The van der Waals surface area contributed by atoms with Crippen molar-refractivity contribution in [2.24, 2.45) is 0 Å². The molecule has 9 heteroatoms. The molecule has 1 amide bonds. The minimum atomic E-state index is -1.23. The molecule has 1 fully saturated rings. The van der Waals surface area contributed by atoms with E-state index in [-0.39, 0.29) is 48.6 Å². The molecule has 0 saturated heterocycles. The number of amides is 1. The number of rotatable bonds is 10. The summed E-state index contributed by atoms with van der Waals surface area (Å²) in [7, 11) is 0. The molecule has 0 radical (unpaired) electrons. The highest BCUT2D eigenvalue weighted by atomic mass is 19.1. The van der Waals surface area contributed by atoms with E-state index in [4.69, 9.17) is 9.47 Å². The van der Waals surface area contributed by atoms with Gasteiger partial charge in [-0.2, -0.15) is 5.10 Å². The van der Waals surface area contributed by atoms with Crippen LogP contribution in [-0.4, -0.2) is 38.9 Å². The first kappa shape index (κ1) is 25.4. The Kier molecular flexibility index (Phi) is 8.32. The van der Waals surface area contributed by atoms with Crippen molar-refractivity contribution in [2.75, 3.05) is 0 Å². The average Bonchev–Trinajstić information content (AvgIpc) is 3.27. The summed E-state index contributed by atoms with van der Waals surface area (Å²) in [6.45, 7) is 1.92. The van der Waals surface area contributed by atoms with Crippen LogP contribution >= 0.6 is 0 Å². The number of carbonyl (C=O) groups is 2. The maximum Gasteiger partial charge on any atom is 0.356 e. The smallest absolute Gasteiger partial charge is 0.356 e. The molecule has 3 aromatic rings. The van der Waals surface area contributed by atoms with E-state index in [0.717, 1.165) is 31.2 Å². The van der Waals surface area contributed by atoms with Crippen molar-refractivity contribution in [3.8, 4) is 5.88 Å². The van der Waals surface area contributed by atoms with Crippen LogP contribution in [0.4, 0.5) is 4.39 Å². The number of carbonyl (C=O) groups excluding carboxylic acids is 1. The standard InChI is InChI=1S/C27H30FN3O5/c1-18-11-12-20(13-21(18)28)17-36-26-14-23(27(33)34)30-31(26)15-25(32)29-22-9-5-6-10-24(22)35-16-19-7-3-2-4-8-19/h2-4,7-8,11-14,22,24H,5-6,9-10,15-17H2,1H3,(H,29,32)(H,33,34). The van der Waals surface area contributed by atoms with Gasteiger partial charge < -0.3 is 19.9 Å². The average molecular weight is 496 g/mol. The number of nitrogens with one attached hydrogen (secondary N) is 1. The Hall–Kier alpha value is -3.72. The van der Waals surface area contributed by atoms with Crippen LogP contribution in [0.25, 0.3) is 0 Å². The molecule has 1 aliphatic rings. The maximum absolute atomic E-state index is 13.9. The van der Waals surface area contributed by atoms with Crippen molar-refractivity contribution in [1.82, 2.24) is 15.1 Å². The highest BCUT2D eigenvalue weighted by Crippen LogP contribution is 2.23. The van der Waals surface area contributed by atoms with Crippen LogP contribution < -0.4 is 10.1 Å². The molecule has 1 aromatic heterocycles. The van der Waals surface area contributed by atoms with Crippen LogP contribution in [0.5, 0.6) is 5.88 Å². The second-order valence-electron chi connectivity index (χ2n) is 9.00. The lowest BCUT2D eigenvalue weighted by atomic mass is 9.92. The third kappa shape index (κ3) is 6.69. The number of halogens is 1. The third-order valence-corrected chi connectivity index (χ3v) is 6.23. The number of ether oxygens (including phenoxy) is 2. The van der Waals surface area contributed by atoms with Gasteiger partial charge in [0.25, 0.3) is 0 Å². The zero-order valence-corrected chi connectivity index (χ0v) is 20.2. The summed E-state index contributed by atoms with van der Waals surface area (Å²) in [5.74, 6) is -1.79. The highest BCUT2D eigenvalue weighted by Gasteiger charge is 2.28. The number of benzene rings is 2. The molecule has 36 heavy (non-hydrogen) atoms. The predicted molar refractivity (Wildman–Crippen MR) is 130 cm³/mol. The number of aromatic carboxylic acids is 1. The van der Waals surface area contributed by atoms with Crippen LogP contribution in [0.3, 0.4) is 0 Å². The van der Waals surface area contributed by atoms with Gasteiger partial charge in [-0.15, -0.1) is 0 Å². The van der Waals surface area contributed by atoms with Gasteiger partial charge in [0.1, 0.15) is 19.0 Å². The van der Waals surface area contributed by atoms with Gasteiger partial charge in [-0.25, -0.2) is 13.9 Å². The first-order chi connectivity index (χ1) is 17.4. The van der Waals surface area contributed by atoms with Crippen LogP contribution in [-0.2, 0) is 29.3 Å². The molecule has 1 heterocycles. The minimum absolute atomic E-state index is 0.00158. The summed E-state index contributed by atoms with van der Waals surface area (Å²) < 4.78 is 26.9. The van der Waals surface area contributed by atoms with E-state index in [9.17, 15) is 19.1 Å². The topological polar surface area (TPSA) is 103 Å². The third-order valence-electron chi connectivity index (χ3n) is 6.23. The molecule has 8 nitrogen and oxygen atoms in total. The Morgan fingerprint density at radius 1 is 1.08 bits per heavy atom. The molecule has 190 valence electrons. The molecule has 0 bridgehead atoms. The fourth-order valence-corrected chi connectivity index (χ4v) is 4.24. The van der Waals surface area contributed by atoms with E-state index in [0.29, 0.717) is 17.7 Å². The molecule has 2 atom stereocenters. The fraction of sp³-hybridized carbons (Fsp3) is 0.370. The van der Waals surface area contributed by atoms with E-state index < -0.39 is 5.97 Å². The van der Waals surface area contributed by atoms with Gasteiger partial charge in [0.15, 0.2) is 5.69 Å². The quantitative estimate of drug-likeness (QED) is 0.436. The zero-order valence-electron chi connectivity index (χ0n) is 20.2. The summed E-state index contributed by atoms with van der Waals surface area (Å²) in [6.07, 6.45) is 3.56. The van der Waals surface area contributed by atoms with Crippen molar-refractivity contribution < 1.29 is 28.6 Å². The monoisotopic (exact) mass is 495 g/mol. The lowest BCUT2D eigenvalue weighted by Gasteiger charge is -2.32. The van der Waals surface area contributed by atoms with E-state index in [2.05, 4.69) is 10.4 Å². The molecule has 2 N–H and O–H groups in total. The molecule has 1 saturated carbocycles. The fourth-order valence-electron chi connectivity index (χ4n) is 4.24. The Morgan fingerprint density at radius 3 is 2.61 bits per heavy atom. The number of nitrogens with zero attached hydrogens (tertiary/aromatic N) is 2. The molecular weight excluding hydrogens is 465 g/mol. The first-order valence-corrected chi connectivity index (χ1v) is 12.0. The largest absolute Gasteiger partial charge is 0.476 e. The highest BCUT2D eigenvalue weighted by molar-refractivity contribution is 5.85. The van der Waals surface area contributed by atoms with Crippen molar-refractivity contribution >= 4 is 11.9 Å². The van der Waals surface area contributed by atoms with Crippen molar-refractivity contribution in [1.29, 1.82) is 0 Å².